The number of aromatic nitrogens is 2. The molecule has 2 amide bonds. The molecule has 1 fully saturated rings. The van der Waals surface area contributed by atoms with Crippen LogP contribution in [0.2, 0.25) is 0 Å². The molecule has 0 spiro atoms. The van der Waals surface area contributed by atoms with Crippen LogP contribution in [0.4, 0.5) is 0 Å². The van der Waals surface area contributed by atoms with Crippen molar-refractivity contribution < 1.29 is 14.0 Å². The molecule has 27 heavy (non-hydrogen) atoms. The van der Waals surface area contributed by atoms with Gasteiger partial charge in [0.1, 0.15) is 5.82 Å². The molecular formula is C20H22N4O3. The Morgan fingerprint density at radius 3 is 2.93 bits per heavy atom. The summed E-state index contributed by atoms with van der Waals surface area (Å²) < 4.78 is 5.20. The third-order valence-corrected chi connectivity index (χ3v) is 4.99. The molecule has 0 aliphatic carbocycles. The molecule has 3 heterocycles. The maximum Gasteiger partial charge on any atom is 0.289 e. The molecule has 1 unspecified atom stereocenters. The van der Waals surface area contributed by atoms with E-state index in [0.717, 1.165) is 29.7 Å². The number of likely N-dealkylation sites (tertiary alicyclic amines) is 1. The molecule has 3 aromatic rings. The minimum atomic E-state index is -0.202. The van der Waals surface area contributed by atoms with E-state index < -0.39 is 0 Å². The Morgan fingerprint density at radius 2 is 2.15 bits per heavy atom. The van der Waals surface area contributed by atoms with Gasteiger partial charge in [-0.3, -0.25) is 9.59 Å². The van der Waals surface area contributed by atoms with Crippen molar-refractivity contribution in [1.82, 2.24) is 19.8 Å². The summed E-state index contributed by atoms with van der Waals surface area (Å²) in [6.45, 7) is 1.48. The van der Waals surface area contributed by atoms with E-state index in [2.05, 4.69) is 9.97 Å². The molecule has 0 bridgehead atoms. The van der Waals surface area contributed by atoms with Crippen molar-refractivity contribution in [2.24, 2.45) is 5.92 Å². The van der Waals surface area contributed by atoms with Gasteiger partial charge in [0.15, 0.2) is 5.76 Å². The molecule has 7 heteroatoms. The molecule has 1 aliphatic heterocycles. The molecule has 1 N–H and O–H groups in total. The van der Waals surface area contributed by atoms with E-state index in [0.29, 0.717) is 25.4 Å². The molecule has 0 radical (unpaired) electrons. The standard InChI is InChI=1S/C20H22N4O3/c1-23(13-18-21-15-7-2-3-8-16(15)22-18)19(25)14-6-4-10-24(12-14)20(26)17-9-5-11-27-17/h2-3,5,7-9,11,14H,4,6,10,12-13H2,1H3,(H,21,22). The van der Waals surface area contributed by atoms with Gasteiger partial charge in [-0.2, -0.15) is 0 Å². The number of H-pyrrole nitrogens is 1. The highest BCUT2D eigenvalue weighted by Gasteiger charge is 2.31. The Morgan fingerprint density at radius 1 is 1.30 bits per heavy atom. The Hall–Kier alpha value is -3.09. The van der Waals surface area contributed by atoms with E-state index in [-0.39, 0.29) is 17.7 Å². The number of piperidine rings is 1. The number of para-hydroxylation sites is 2. The van der Waals surface area contributed by atoms with Gasteiger partial charge in [-0.1, -0.05) is 12.1 Å². The number of nitrogens with one attached hydrogen (secondary N) is 1. The lowest BCUT2D eigenvalue weighted by Crippen LogP contribution is -2.45. The van der Waals surface area contributed by atoms with Crippen molar-refractivity contribution in [3.05, 3.63) is 54.2 Å². The van der Waals surface area contributed by atoms with E-state index in [1.54, 1.807) is 29.0 Å². The molecule has 2 aromatic heterocycles. The fourth-order valence-corrected chi connectivity index (χ4v) is 3.61. The smallest absolute Gasteiger partial charge is 0.289 e. The summed E-state index contributed by atoms with van der Waals surface area (Å²) in [4.78, 5) is 36.5. The van der Waals surface area contributed by atoms with E-state index >= 15 is 0 Å². The van der Waals surface area contributed by atoms with E-state index in [9.17, 15) is 9.59 Å². The van der Waals surface area contributed by atoms with Crippen molar-refractivity contribution in [3.63, 3.8) is 0 Å². The minimum absolute atomic E-state index is 0.0346. The van der Waals surface area contributed by atoms with Crippen LogP contribution in [0.25, 0.3) is 11.0 Å². The number of furan rings is 1. The highest BCUT2D eigenvalue weighted by molar-refractivity contribution is 5.92. The molecule has 1 aliphatic rings. The fraction of sp³-hybridized carbons (Fsp3) is 0.350. The zero-order valence-corrected chi connectivity index (χ0v) is 15.2. The molecular weight excluding hydrogens is 344 g/mol. The number of rotatable bonds is 4. The van der Waals surface area contributed by atoms with Crippen molar-refractivity contribution in [2.75, 3.05) is 20.1 Å². The van der Waals surface area contributed by atoms with Crippen molar-refractivity contribution in [3.8, 4) is 0 Å². The molecule has 1 saturated heterocycles. The summed E-state index contributed by atoms with van der Waals surface area (Å²) in [5.74, 6) is 0.752. The summed E-state index contributed by atoms with van der Waals surface area (Å²) >= 11 is 0. The summed E-state index contributed by atoms with van der Waals surface area (Å²) in [7, 11) is 1.78. The van der Waals surface area contributed by atoms with Gasteiger partial charge in [0.2, 0.25) is 5.91 Å². The summed E-state index contributed by atoms with van der Waals surface area (Å²) in [5.41, 5.74) is 1.85. The summed E-state index contributed by atoms with van der Waals surface area (Å²) in [5, 5.41) is 0. The lowest BCUT2D eigenvalue weighted by atomic mass is 9.96. The third-order valence-electron chi connectivity index (χ3n) is 4.99. The summed E-state index contributed by atoms with van der Waals surface area (Å²) in [6.07, 6.45) is 3.08. The maximum absolute atomic E-state index is 12.9. The van der Waals surface area contributed by atoms with Gasteiger partial charge in [-0.15, -0.1) is 0 Å². The Kier molecular flexibility index (Phi) is 4.66. The predicted octanol–water partition coefficient (Wildman–Crippen LogP) is 2.67. The number of aromatic amines is 1. The van der Waals surface area contributed by atoms with E-state index in [1.807, 2.05) is 24.3 Å². The van der Waals surface area contributed by atoms with Gasteiger partial charge in [0.05, 0.1) is 29.8 Å². The SMILES string of the molecule is CN(Cc1nc2ccccc2[nH]1)C(=O)C1CCCN(C(=O)c2ccco2)C1. The topological polar surface area (TPSA) is 82.4 Å². The number of hydrogen-bond acceptors (Lipinski definition) is 4. The number of benzene rings is 1. The van der Waals surface area contributed by atoms with Crippen LogP contribution in [-0.4, -0.2) is 51.7 Å². The number of nitrogens with zero attached hydrogens (tertiary/aromatic N) is 3. The third kappa shape index (κ3) is 3.58. The second-order valence-electron chi connectivity index (χ2n) is 6.96. The number of fused-ring (bicyclic) bond motifs is 1. The number of hydrogen-bond donors (Lipinski definition) is 1. The van der Waals surface area contributed by atoms with Crippen LogP contribution in [0, 0.1) is 5.92 Å². The van der Waals surface area contributed by atoms with Crippen LogP contribution in [0.5, 0.6) is 0 Å². The number of carbonyl (C=O) groups excluding carboxylic acids is 2. The van der Waals surface area contributed by atoms with Crippen LogP contribution >= 0.6 is 0 Å². The quantitative estimate of drug-likeness (QED) is 0.770. The molecule has 1 aromatic carbocycles. The van der Waals surface area contributed by atoms with Crippen molar-refractivity contribution in [2.45, 2.75) is 19.4 Å². The monoisotopic (exact) mass is 366 g/mol. The Labute approximate surface area is 157 Å². The average molecular weight is 366 g/mol. The van der Waals surface area contributed by atoms with Gasteiger partial charge < -0.3 is 19.2 Å². The second kappa shape index (κ2) is 7.26. The molecule has 140 valence electrons. The highest BCUT2D eigenvalue weighted by atomic mass is 16.3. The first-order valence-electron chi connectivity index (χ1n) is 9.13. The lowest BCUT2D eigenvalue weighted by molar-refractivity contribution is -0.136. The highest BCUT2D eigenvalue weighted by Crippen LogP contribution is 2.21. The van der Waals surface area contributed by atoms with Crippen LogP contribution in [0.1, 0.15) is 29.2 Å². The first kappa shape index (κ1) is 17.3. The average Bonchev–Trinajstić information content (AvgIpc) is 3.36. The maximum atomic E-state index is 12.9. The number of carbonyl (C=O) groups is 2. The zero-order chi connectivity index (χ0) is 18.8. The molecule has 0 saturated carbocycles. The Bertz CT molecular complexity index is 914. The Balaban J connectivity index is 1.41. The van der Waals surface area contributed by atoms with Crippen LogP contribution in [-0.2, 0) is 11.3 Å². The van der Waals surface area contributed by atoms with Crippen LogP contribution in [0.3, 0.4) is 0 Å². The first-order chi connectivity index (χ1) is 13.1. The zero-order valence-electron chi connectivity index (χ0n) is 15.2. The summed E-state index contributed by atoms with van der Waals surface area (Å²) in [6, 6.07) is 11.1. The van der Waals surface area contributed by atoms with Gasteiger partial charge in [-0.25, -0.2) is 4.98 Å². The van der Waals surface area contributed by atoms with Gasteiger partial charge in [0, 0.05) is 20.1 Å². The molecule has 1 atom stereocenters. The van der Waals surface area contributed by atoms with Crippen LogP contribution in [0.15, 0.2) is 47.1 Å². The normalized spacial score (nSPS) is 17.2. The van der Waals surface area contributed by atoms with Crippen molar-refractivity contribution in [1.29, 1.82) is 0 Å². The molecule has 7 nitrogen and oxygen atoms in total. The second-order valence-corrected chi connectivity index (χ2v) is 6.96. The molecule has 4 rings (SSSR count). The lowest BCUT2D eigenvalue weighted by Gasteiger charge is -2.33. The van der Waals surface area contributed by atoms with Crippen LogP contribution < -0.4 is 0 Å². The number of imidazole rings is 1. The number of amides is 2. The fourth-order valence-electron chi connectivity index (χ4n) is 3.61. The van der Waals surface area contributed by atoms with E-state index in [4.69, 9.17) is 4.42 Å². The predicted molar refractivity (Wildman–Crippen MR) is 99.9 cm³/mol. The van der Waals surface area contributed by atoms with Crippen molar-refractivity contribution >= 4 is 22.8 Å². The largest absolute Gasteiger partial charge is 0.459 e. The first-order valence-corrected chi connectivity index (χ1v) is 9.13. The minimum Gasteiger partial charge on any atom is -0.459 e. The van der Waals surface area contributed by atoms with Gasteiger partial charge >= 0.3 is 0 Å². The van der Waals surface area contributed by atoms with Gasteiger partial charge in [-0.05, 0) is 37.1 Å². The van der Waals surface area contributed by atoms with Gasteiger partial charge in [0.25, 0.3) is 5.91 Å². The van der Waals surface area contributed by atoms with E-state index in [1.165, 1.54) is 6.26 Å².